The molecule has 2 atom stereocenters. The van der Waals surface area contributed by atoms with E-state index in [0.29, 0.717) is 5.75 Å². The molecule has 0 spiro atoms. The SMILES string of the molecule is CC[C@@H](NC(=O)[C@@H](C)Oc1cccc(C)c1)c1ccc(OC)c(C)c1. The van der Waals surface area contributed by atoms with Crippen LogP contribution in [0, 0.1) is 13.8 Å². The fraction of sp³-hybridized carbons (Fsp3) is 0.381. The molecule has 0 saturated carbocycles. The van der Waals surface area contributed by atoms with E-state index in [9.17, 15) is 4.79 Å². The lowest BCUT2D eigenvalue weighted by atomic mass is 10.0. The van der Waals surface area contributed by atoms with Crippen LogP contribution in [0.25, 0.3) is 0 Å². The van der Waals surface area contributed by atoms with Gasteiger partial charge in [0.1, 0.15) is 11.5 Å². The van der Waals surface area contributed by atoms with Gasteiger partial charge >= 0.3 is 0 Å². The quantitative estimate of drug-likeness (QED) is 0.814. The van der Waals surface area contributed by atoms with E-state index in [2.05, 4.69) is 18.3 Å². The summed E-state index contributed by atoms with van der Waals surface area (Å²) in [6.45, 7) is 7.82. The molecule has 4 nitrogen and oxygen atoms in total. The number of benzene rings is 2. The molecule has 134 valence electrons. The Morgan fingerprint density at radius 2 is 1.92 bits per heavy atom. The molecule has 1 N–H and O–H groups in total. The van der Waals surface area contributed by atoms with Crippen molar-refractivity contribution in [2.24, 2.45) is 0 Å². The highest BCUT2D eigenvalue weighted by atomic mass is 16.5. The van der Waals surface area contributed by atoms with Gasteiger partial charge in [0.15, 0.2) is 6.10 Å². The number of nitrogens with one attached hydrogen (secondary N) is 1. The van der Waals surface area contributed by atoms with Crippen LogP contribution in [-0.2, 0) is 4.79 Å². The van der Waals surface area contributed by atoms with Gasteiger partial charge < -0.3 is 14.8 Å². The average molecular weight is 341 g/mol. The third kappa shape index (κ3) is 4.99. The van der Waals surface area contributed by atoms with Crippen molar-refractivity contribution in [1.82, 2.24) is 5.32 Å². The summed E-state index contributed by atoms with van der Waals surface area (Å²) in [6, 6.07) is 13.6. The maximum absolute atomic E-state index is 12.5. The van der Waals surface area contributed by atoms with Crippen molar-refractivity contribution in [1.29, 1.82) is 0 Å². The van der Waals surface area contributed by atoms with Crippen molar-refractivity contribution in [3.8, 4) is 11.5 Å². The van der Waals surface area contributed by atoms with E-state index in [4.69, 9.17) is 9.47 Å². The number of hydrogen-bond acceptors (Lipinski definition) is 3. The Hall–Kier alpha value is -2.49. The zero-order valence-corrected chi connectivity index (χ0v) is 15.6. The van der Waals surface area contributed by atoms with Gasteiger partial charge in [0.05, 0.1) is 13.2 Å². The monoisotopic (exact) mass is 341 g/mol. The van der Waals surface area contributed by atoms with Gasteiger partial charge in [0, 0.05) is 0 Å². The van der Waals surface area contributed by atoms with E-state index in [0.717, 1.165) is 28.9 Å². The van der Waals surface area contributed by atoms with Gasteiger partial charge in [-0.2, -0.15) is 0 Å². The second-order valence-corrected chi connectivity index (χ2v) is 6.28. The van der Waals surface area contributed by atoms with Crippen LogP contribution in [0.1, 0.15) is 43.0 Å². The number of methoxy groups -OCH3 is 1. The van der Waals surface area contributed by atoms with Crippen LogP contribution in [0.4, 0.5) is 0 Å². The van der Waals surface area contributed by atoms with Crippen molar-refractivity contribution in [2.45, 2.75) is 46.3 Å². The fourth-order valence-corrected chi connectivity index (χ4v) is 2.77. The number of amides is 1. The van der Waals surface area contributed by atoms with E-state index < -0.39 is 6.10 Å². The van der Waals surface area contributed by atoms with E-state index in [1.165, 1.54) is 0 Å². The summed E-state index contributed by atoms with van der Waals surface area (Å²) in [7, 11) is 1.66. The molecule has 0 bridgehead atoms. The smallest absolute Gasteiger partial charge is 0.261 e. The lowest BCUT2D eigenvalue weighted by Crippen LogP contribution is -2.38. The molecule has 4 heteroatoms. The predicted molar refractivity (Wildman–Crippen MR) is 100 cm³/mol. The van der Waals surface area contributed by atoms with Crippen molar-refractivity contribution in [3.63, 3.8) is 0 Å². The second kappa shape index (κ2) is 8.56. The lowest BCUT2D eigenvalue weighted by Gasteiger charge is -2.22. The summed E-state index contributed by atoms with van der Waals surface area (Å²) in [6.07, 6.45) is 0.240. The molecule has 0 fully saturated rings. The molecule has 0 aliphatic carbocycles. The van der Waals surface area contributed by atoms with Gasteiger partial charge in [0.25, 0.3) is 5.91 Å². The topological polar surface area (TPSA) is 47.6 Å². The number of rotatable bonds is 7. The minimum absolute atomic E-state index is 0.0549. The number of hydrogen-bond donors (Lipinski definition) is 1. The number of carbonyl (C=O) groups excluding carboxylic acids is 1. The molecular formula is C21H27NO3. The molecule has 0 aliphatic heterocycles. The molecular weight excluding hydrogens is 314 g/mol. The van der Waals surface area contributed by atoms with Crippen LogP contribution in [0.3, 0.4) is 0 Å². The first kappa shape index (κ1) is 18.8. The average Bonchev–Trinajstić information content (AvgIpc) is 2.59. The minimum atomic E-state index is -0.560. The van der Waals surface area contributed by atoms with E-state index in [1.807, 2.05) is 50.2 Å². The van der Waals surface area contributed by atoms with E-state index in [1.54, 1.807) is 14.0 Å². The van der Waals surface area contributed by atoms with Crippen LogP contribution in [0.15, 0.2) is 42.5 Å². The zero-order valence-electron chi connectivity index (χ0n) is 15.6. The summed E-state index contributed by atoms with van der Waals surface area (Å²) < 4.78 is 11.1. The van der Waals surface area contributed by atoms with Gasteiger partial charge in [-0.25, -0.2) is 0 Å². The maximum atomic E-state index is 12.5. The van der Waals surface area contributed by atoms with Gasteiger partial charge in [-0.15, -0.1) is 0 Å². The third-order valence-electron chi connectivity index (χ3n) is 4.22. The van der Waals surface area contributed by atoms with Gasteiger partial charge in [-0.05, 0) is 62.1 Å². The van der Waals surface area contributed by atoms with Crippen molar-refractivity contribution < 1.29 is 14.3 Å². The van der Waals surface area contributed by atoms with E-state index >= 15 is 0 Å². The normalized spacial score (nSPS) is 13.0. The Labute approximate surface area is 150 Å². The number of ether oxygens (including phenoxy) is 2. The maximum Gasteiger partial charge on any atom is 0.261 e. The molecule has 2 rings (SSSR count). The highest BCUT2D eigenvalue weighted by molar-refractivity contribution is 5.81. The Balaban J connectivity index is 2.04. The van der Waals surface area contributed by atoms with E-state index in [-0.39, 0.29) is 11.9 Å². The lowest BCUT2D eigenvalue weighted by molar-refractivity contribution is -0.128. The summed E-state index contributed by atoms with van der Waals surface area (Å²) in [5.41, 5.74) is 3.22. The van der Waals surface area contributed by atoms with Crippen molar-refractivity contribution in [3.05, 3.63) is 59.2 Å². The van der Waals surface area contributed by atoms with Crippen LogP contribution in [0.2, 0.25) is 0 Å². The first-order chi connectivity index (χ1) is 11.9. The molecule has 0 saturated heterocycles. The summed E-state index contributed by atoms with van der Waals surface area (Å²) in [4.78, 5) is 12.5. The molecule has 2 aromatic rings. The number of aryl methyl sites for hydroxylation is 2. The molecule has 0 unspecified atom stereocenters. The van der Waals surface area contributed by atoms with Crippen molar-refractivity contribution >= 4 is 5.91 Å². The standard InChI is InChI=1S/C21H27NO3/c1-6-19(17-10-11-20(24-5)15(3)13-17)22-21(23)16(4)25-18-9-7-8-14(2)12-18/h7-13,16,19H,6H2,1-5H3,(H,22,23)/t16-,19-/m1/s1. The van der Waals surface area contributed by atoms with Gasteiger partial charge in [0.2, 0.25) is 0 Å². The second-order valence-electron chi connectivity index (χ2n) is 6.28. The molecule has 0 heterocycles. The predicted octanol–water partition coefficient (Wildman–Crippen LogP) is 4.35. The van der Waals surface area contributed by atoms with Crippen LogP contribution in [-0.4, -0.2) is 19.1 Å². The van der Waals surface area contributed by atoms with Crippen LogP contribution >= 0.6 is 0 Å². The largest absolute Gasteiger partial charge is 0.496 e. The van der Waals surface area contributed by atoms with Crippen LogP contribution in [0.5, 0.6) is 11.5 Å². The first-order valence-corrected chi connectivity index (χ1v) is 8.62. The summed E-state index contributed by atoms with van der Waals surface area (Å²) in [5.74, 6) is 1.43. The Morgan fingerprint density at radius 1 is 1.16 bits per heavy atom. The Kier molecular flexibility index (Phi) is 6.45. The third-order valence-corrected chi connectivity index (χ3v) is 4.22. The molecule has 0 aliphatic rings. The zero-order chi connectivity index (χ0) is 18.4. The highest BCUT2D eigenvalue weighted by Crippen LogP contribution is 2.24. The highest BCUT2D eigenvalue weighted by Gasteiger charge is 2.20. The molecule has 0 radical (unpaired) electrons. The summed E-state index contributed by atoms with van der Waals surface area (Å²) >= 11 is 0. The van der Waals surface area contributed by atoms with Crippen LogP contribution < -0.4 is 14.8 Å². The Bertz CT molecular complexity index is 727. The fourth-order valence-electron chi connectivity index (χ4n) is 2.77. The van der Waals surface area contributed by atoms with Crippen molar-refractivity contribution in [2.75, 3.05) is 7.11 Å². The van der Waals surface area contributed by atoms with Gasteiger partial charge in [-0.3, -0.25) is 4.79 Å². The molecule has 25 heavy (non-hydrogen) atoms. The minimum Gasteiger partial charge on any atom is -0.496 e. The molecule has 0 aromatic heterocycles. The molecule has 2 aromatic carbocycles. The molecule has 1 amide bonds. The first-order valence-electron chi connectivity index (χ1n) is 8.62. The number of carbonyl (C=O) groups is 1. The Morgan fingerprint density at radius 3 is 2.52 bits per heavy atom. The summed E-state index contributed by atoms with van der Waals surface area (Å²) in [5, 5.41) is 3.08. The van der Waals surface area contributed by atoms with Gasteiger partial charge in [-0.1, -0.05) is 31.2 Å².